The molecule has 3 N–H and O–H groups in total. The monoisotopic (exact) mass is 173 g/mol. The van der Waals surface area contributed by atoms with Crippen LogP contribution in [0.4, 0.5) is 0 Å². The van der Waals surface area contributed by atoms with E-state index in [0.717, 1.165) is 0 Å². The van der Waals surface area contributed by atoms with Crippen molar-refractivity contribution in [2.24, 2.45) is 10.7 Å². The Balaban J connectivity index is 3.91. The highest BCUT2D eigenvalue weighted by molar-refractivity contribution is 5.85. The Morgan fingerprint density at radius 2 is 2.33 bits per heavy atom. The van der Waals surface area contributed by atoms with Gasteiger partial charge in [0.1, 0.15) is 6.04 Å². The van der Waals surface area contributed by atoms with Crippen molar-refractivity contribution in [2.75, 3.05) is 13.7 Å². The fourth-order valence-corrected chi connectivity index (χ4v) is 0.674. The topological polar surface area (TPSA) is 76.7 Å². The Morgan fingerprint density at radius 3 is 2.75 bits per heavy atom. The van der Waals surface area contributed by atoms with Gasteiger partial charge < -0.3 is 15.8 Å². The second kappa shape index (κ2) is 5.40. The average molecular weight is 173 g/mol. The van der Waals surface area contributed by atoms with Crippen LogP contribution in [-0.2, 0) is 9.53 Å². The molecule has 0 heterocycles. The number of esters is 1. The van der Waals surface area contributed by atoms with Crippen molar-refractivity contribution >= 4 is 11.9 Å². The Hall–Kier alpha value is -1.26. The van der Waals surface area contributed by atoms with Gasteiger partial charge in [0.05, 0.1) is 7.11 Å². The summed E-state index contributed by atoms with van der Waals surface area (Å²) in [6, 6.07) is -0.453. The lowest BCUT2D eigenvalue weighted by molar-refractivity contribution is -0.142. The quantitative estimate of drug-likeness (QED) is 0.342. The van der Waals surface area contributed by atoms with Crippen LogP contribution in [0.3, 0.4) is 0 Å². The molecule has 0 fully saturated rings. The number of hydrogen-bond acceptors (Lipinski definition) is 3. The van der Waals surface area contributed by atoms with Gasteiger partial charge in [-0.15, -0.1) is 0 Å². The number of carbonyl (C=O) groups is 1. The van der Waals surface area contributed by atoms with Crippen LogP contribution in [0.5, 0.6) is 0 Å². The van der Waals surface area contributed by atoms with Gasteiger partial charge in [0.15, 0.2) is 5.96 Å². The number of guanidine groups is 1. The highest BCUT2D eigenvalue weighted by Gasteiger charge is 2.12. The number of nitrogens with one attached hydrogen (secondary N) is 1. The maximum absolute atomic E-state index is 10.9. The molecule has 0 aliphatic heterocycles. The van der Waals surface area contributed by atoms with E-state index in [2.05, 4.69) is 15.0 Å². The van der Waals surface area contributed by atoms with E-state index in [1.807, 2.05) is 6.92 Å². The third kappa shape index (κ3) is 3.80. The number of ether oxygens (including phenoxy) is 1. The van der Waals surface area contributed by atoms with E-state index >= 15 is 0 Å². The summed E-state index contributed by atoms with van der Waals surface area (Å²) >= 11 is 0. The van der Waals surface area contributed by atoms with Crippen molar-refractivity contribution in [3.05, 3.63) is 0 Å². The van der Waals surface area contributed by atoms with Gasteiger partial charge in [-0.3, -0.25) is 4.99 Å². The highest BCUT2D eigenvalue weighted by Crippen LogP contribution is 1.84. The number of hydrogen-bond donors (Lipinski definition) is 2. The third-order valence-electron chi connectivity index (χ3n) is 1.25. The normalized spacial score (nSPS) is 13.8. The van der Waals surface area contributed by atoms with E-state index in [9.17, 15) is 4.79 Å². The minimum atomic E-state index is -0.453. The molecular weight excluding hydrogens is 158 g/mol. The summed E-state index contributed by atoms with van der Waals surface area (Å²) in [5, 5.41) is 2.68. The molecule has 5 nitrogen and oxygen atoms in total. The van der Waals surface area contributed by atoms with E-state index in [-0.39, 0.29) is 11.9 Å². The van der Waals surface area contributed by atoms with Crippen molar-refractivity contribution in [3.8, 4) is 0 Å². The van der Waals surface area contributed by atoms with Crippen molar-refractivity contribution < 1.29 is 9.53 Å². The molecule has 0 aromatic heterocycles. The van der Waals surface area contributed by atoms with Crippen LogP contribution >= 0.6 is 0 Å². The van der Waals surface area contributed by atoms with E-state index in [0.29, 0.717) is 6.54 Å². The summed E-state index contributed by atoms with van der Waals surface area (Å²) < 4.78 is 4.48. The first-order valence-electron chi connectivity index (χ1n) is 3.76. The minimum Gasteiger partial charge on any atom is -0.467 e. The van der Waals surface area contributed by atoms with Gasteiger partial charge in [0.25, 0.3) is 0 Å². The van der Waals surface area contributed by atoms with Crippen LogP contribution in [0.25, 0.3) is 0 Å². The molecule has 1 unspecified atom stereocenters. The summed E-state index contributed by atoms with van der Waals surface area (Å²) in [4.78, 5) is 14.7. The fraction of sp³-hybridized carbons (Fsp3) is 0.714. The average Bonchev–Trinajstić information content (AvgIpc) is 2.03. The molecule has 0 aromatic rings. The Morgan fingerprint density at radius 1 is 1.75 bits per heavy atom. The molecule has 0 aliphatic rings. The molecule has 0 radical (unpaired) electrons. The number of nitrogens with zero attached hydrogens (tertiary/aromatic N) is 1. The van der Waals surface area contributed by atoms with Gasteiger partial charge in [-0.2, -0.15) is 0 Å². The Bertz CT molecular complexity index is 179. The van der Waals surface area contributed by atoms with E-state index in [4.69, 9.17) is 5.73 Å². The van der Waals surface area contributed by atoms with Gasteiger partial charge in [-0.1, -0.05) is 0 Å². The number of nitrogens with two attached hydrogens (primary N) is 1. The summed E-state index contributed by atoms with van der Waals surface area (Å²) in [5.74, 6) is -0.0975. The van der Waals surface area contributed by atoms with E-state index in [1.54, 1.807) is 6.92 Å². The first-order chi connectivity index (χ1) is 5.61. The Kier molecular flexibility index (Phi) is 4.83. The molecule has 0 saturated carbocycles. The molecule has 0 spiro atoms. The minimum absolute atomic E-state index is 0.260. The van der Waals surface area contributed by atoms with Gasteiger partial charge >= 0.3 is 5.97 Å². The smallest absolute Gasteiger partial charge is 0.328 e. The zero-order valence-corrected chi connectivity index (χ0v) is 7.63. The van der Waals surface area contributed by atoms with Crippen LogP contribution in [0, 0.1) is 0 Å². The van der Waals surface area contributed by atoms with Crippen molar-refractivity contribution in [1.82, 2.24) is 5.32 Å². The van der Waals surface area contributed by atoms with Crippen molar-refractivity contribution in [3.63, 3.8) is 0 Å². The molecule has 0 aromatic carbocycles. The number of aliphatic imine (C=N–C) groups is 1. The lowest BCUT2D eigenvalue weighted by atomic mass is 10.3. The zero-order chi connectivity index (χ0) is 9.56. The summed E-state index contributed by atoms with van der Waals surface area (Å²) in [7, 11) is 1.33. The van der Waals surface area contributed by atoms with Crippen LogP contribution in [0.15, 0.2) is 4.99 Å². The molecule has 5 heteroatoms. The SMILES string of the molecule is CCN=C(N)NC(C)C(=O)OC. The largest absolute Gasteiger partial charge is 0.467 e. The van der Waals surface area contributed by atoms with Gasteiger partial charge in [0, 0.05) is 6.54 Å². The standard InChI is InChI=1S/C7H15N3O2/c1-4-9-7(8)10-5(2)6(11)12-3/h5H,4H2,1-3H3,(H3,8,9,10). The molecule has 0 saturated heterocycles. The lowest BCUT2D eigenvalue weighted by Crippen LogP contribution is -2.43. The van der Waals surface area contributed by atoms with Crippen LogP contribution in [0.2, 0.25) is 0 Å². The summed E-state index contributed by atoms with van der Waals surface area (Å²) in [6.45, 7) is 4.11. The second-order valence-corrected chi connectivity index (χ2v) is 2.25. The molecule has 0 bridgehead atoms. The van der Waals surface area contributed by atoms with E-state index < -0.39 is 6.04 Å². The fourth-order valence-electron chi connectivity index (χ4n) is 0.674. The molecule has 70 valence electrons. The predicted octanol–water partition coefficient (Wildman–Crippen LogP) is -0.528. The van der Waals surface area contributed by atoms with Gasteiger partial charge in [-0.05, 0) is 13.8 Å². The number of methoxy groups -OCH3 is 1. The molecule has 1 atom stereocenters. The number of carbonyl (C=O) groups excluding carboxylic acids is 1. The molecule has 0 amide bonds. The van der Waals surface area contributed by atoms with E-state index in [1.165, 1.54) is 7.11 Å². The van der Waals surface area contributed by atoms with Gasteiger partial charge in [-0.25, -0.2) is 4.79 Å². The first-order valence-corrected chi connectivity index (χ1v) is 3.76. The maximum Gasteiger partial charge on any atom is 0.328 e. The molecular formula is C7H15N3O2. The molecule has 0 aliphatic carbocycles. The van der Waals surface area contributed by atoms with Gasteiger partial charge in [0.2, 0.25) is 0 Å². The van der Waals surface area contributed by atoms with Crippen LogP contribution in [-0.4, -0.2) is 31.6 Å². The highest BCUT2D eigenvalue weighted by atomic mass is 16.5. The van der Waals surface area contributed by atoms with Crippen molar-refractivity contribution in [2.45, 2.75) is 19.9 Å². The zero-order valence-electron chi connectivity index (χ0n) is 7.63. The maximum atomic E-state index is 10.9. The predicted molar refractivity (Wildman–Crippen MR) is 46.8 cm³/mol. The number of rotatable bonds is 3. The van der Waals surface area contributed by atoms with Crippen molar-refractivity contribution in [1.29, 1.82) is 0 Å². The summed E-state index contributed by atoms with van der Waals surface area (Å²) in [5.41, 5.74) is 5.41. The molecule has 12 heavy (non-hydrogen) atoms. The molecule has 0 rings (SSSR count). The van der Waals surface area contributed by atoms with Crippen LogP contribution < -0.4 is 11.1 Å². The van der Waals surface area contributed by atoms with Crippen LogP contribution in [0.1, 0.15) is 13.8 Å². The third-order valence-corrected chi connectivity index (χ3v) is 1.25. The summed E-state index contributed by atoms with van der Waals surface area (Å²) in [6.07, 6.45) is 0. The first kappa shape index (κ1) is 10.7. The second-order valence-electron chi connectivity index (χ2n) is 2.25. The lowest BCUT2D eigenvalue weighted by Gasteiger charge is -2.11. The Labute approximate surface area is 72.0 Å².